The van der Waals surface area contributed by atoms with Gasteiger partial charge in [-0.25, -0.2) is 0 Å². The van der Waals surface area contributed by atoms with Crippen LogP contribution in [0.4, 0.5) is 0 Å². The van der Waals surface area contributed by atoms with E-state index in [0.717, 1.165) is 6.42 Å². The van der Waals surface area contributed by atoms with Crippen molar-refractivity contribution in [3.05, 3.63) is 28.3 Å². The summed E-state index contributed by atoms with van der Waals surface area (Å²) < 4.78 is 0. The lowest BCUT2D eigenvalue weighted by Gasteiger charge is -2.20. The van der Waals surface area contributed by atoms with E-state index < -0.39 is 12.1 Å². The number of aliphatic hydroxyl groups excluding tert-OH is 1. The molecule has 1 aromatic carbocycles. The predicted octanol–water partition coefficient (Wildman–Crippen LogP) is 2.94. The van der Waals surface area contributed by atoms with E-state index in [1.807, 2.05) is 6.92 Å². The van der Waals surface area contributed by atoms with Crippen LogP contribution in [0.2, 0.25) is 5.02 Å². The van der Waals surface area contributed by atoms with E-state index in [2.05, 4.69) is 0 Å². The molecule has 0 spiro atoms. The molecular formula is C12H19Cl2NO2. The number of hydrogen-bond acceptors (Lipinski definition) is 3. The zero-order chi connectivity index (χ0) is 12.3. The first-order valence-electron chi connectivity index (χ1n) is 5.40. The van der Waals surface area contributed by atoms with E-state index in [1.54, 1.807) is 19.1 Å². The fourth-order valence-corrected chi connectivity index (χ4v) is 1.98. The van der Waals surface area contributed by atoms with Crippen LogP contribution in [0.15, 0.2) is 12.1 Å². The monoisotopic (exact) mass is 279 g/mol. The van der Waals surface area contributed by atoms with Crippen LogP contribution in [0.1, 0.15) is 36.9 Å². The van der Waals surface area contributed by atoms with Gasteiger partial charge in [0, 0.05) is 10.6 Å². The van der Waals surface area contributed by atoms with Crippen LogP contribution in [0.5, 0.6) is 5.75 Å². The molecule has 0 heterocycles. The first kappa shape index (κ1) is 16.5. The Morgan fingerprint density at radius 2 is 2.00 bits per heavy atom. The third kappa shape index (κ3) is 4.03. The topological polar surface area (TPSA) is 66.5 Å². The molecule has 0 saturated heterocycles. The number of hydrogen-bond donors (Lipinski definition) is 3. The molecular weight excluding hydrogens is 261 g/mol. The molecule has 0 aliphatic heterocycles. The lowest BCUT2D eigenvalue weighted by atomic mass is 9.96. The van der Waals surface area contributed by atoms with Gasteiger partial charge in [0.05, 0.1) is 12.1 Å². The Morgan fingerprint density at radius 1 is 1.41 bits per heavy atom. The predicted molar refractivity (Wildman–Crippen MR) is 72.9 cm³/mol. The second kappa shape index (κ2) is 7.07. The maximum atomic E-state index is 9.86. The molecule has 0 fully saturated rings. The minimum absolute atomic E-state index is 0. The van der Waals surface area contributed by atoms with E-state index in [4.69, 9.17) is 17.3 Å². The molecule has 17 heavy (non-hydrogen) atoms. The normalized spacial score (nSPS) is 13.9. The average Bonchev–Trinajstić information content (AvgIpc) is 2.22. The molecule has 4 N–H and O–H groups in total. The van der Waals surface area contributed by atoms with Crippen molar-refractivity contribution < 1.29 is 10.2 Å². The molecule has 5 heteroatoms. The van der Waals surface area contributed by atoms with Gasteiger partial charge in [-0.05, 0) is 31.0 Å². The number of nitrogens with two attached hydrogens (primary N) is 1. The van der Waals surface area contributed by atoms with Crippen LogP contribution in [-0.2, 0) is 0 Å². The van der Waals surface area contributed by atoms with E-state index in [-0.39, 0.29) is 18.2 Å². The van der Waals surface area contributed by atoms with Crippen LogP contribution in [0.25, 0.3) is 0 Å². The van der Waals surface area contributed by atoms with Gasteiger partial charge in [0.25, 0.3) is 0 Å². The molecule has 98 valence electrons. The highest BCUT2D eigenvalue weighted by atomic mass is 35.5. The van der Waals surface area contributed by atoms with Crippen molar-refractivity contribution in [2.45, 2.75) is 38.8 Å². The number of halogens is 2. The van der Waals surface area contributed by atoms with Crippen molar-refractivity contribution in [2.24, 2.45) is 5.73 Å². The Labute approximate surface area is 113 Å². The van der Waals surface area contributed by atoms with E-state index in [9.17, 15) is 10.2 Å². The lowest BCUT2D eigenvalue weighted by Crippen LogP contribution is -2.26. The van der Waals surface area contributed by atoms with Gasteiger partial charge >= 0.3 is 0 Å². The summed E-state index contributed by atoms with van der Waals surface area (Å²) in [6.45, 7) is 3.72. The Kier molecular flexibility index (Phi) is 6.87. The highest BCUT2D eigenvalue weighted by Gasteiger charge is 2.20. The largest absolute Gasteiger partial charge is 0.507 e. The van der Waals surface area contributed by atoms with Gasteiger partial charge in [-0.2, -0.15) is 0 Å². The Bertz CT molecular complexity index is 372. The Morgan fingerprint density at radius 3 is 2.53 bits per heavy atom. The van der Waals surface area contributed by atoms with Gasteiger partial charge in [0.15, 0.2) is 0 Å². The molecule has 0 aromatic heterocycles. The van der Waals surface area contributed by atoms with Gasteiger partial charge in [-0.1, -0.05) is 24.9 Å². The molecule has 0 saturated carbocycles. The van der Waals surface area contributed by atoms with Crippen LogP contribution in [-0.4, -0.2) is 16.3 Å². The van der Waals surface area contributed by atoms with Crippen molar-refractivity contribution in [1.82, 2.24) is 0 Å². The SMILES string of the molecule is CCC[C@@H](O)[C@@H](N)c1cc(Cl)cc(C)c1O.Cl. The third-order valence-corrected chi connectivity index (χ3v) is 2.87. The van der Waals surface area contributed by atoms with E-state index >= 15 is 0 Å². The van der Waals surface area contributed by atoms with Crippen molar-refractivity contribution in [1.29, 1.82) is 0 Å². The van der Waals surface area contributed by atoms with Crippen molar-refractivity contribution in [3.63, 3.8) is 0 Å². The zero-order valence-corrected chi connectivity index (χ0v) is 11.6. The van der Waals surface area contributed by atoms with E-state index in [0.29, 0.717) is 22.6 Å². The molecule has 0 radical (unpaired) electrons. The summed E-state index contributed by atoms with van der Waals surface area (Å²) in [5.74, 6) is 0.118. The van der Waals surface area contributed by atoms with Gasteiger partial charge in [-0.15, -0.1) is 12.4 Å². The molecule has 1 rings (SSSR count). The molecule has 2 atom stereocenters. The molecule has 0 amide bonds. The summed E-state index contributed by atoms with van der Waals surface area (Å²) >= 11 is 5.90. The number of benzene rings is 1. The number of aryl methyl sites for hydroxylation is 1. The fraction of sp³-hybridized carbons (Fsp3) is 0.500. The molecule has 0 aliphatic carbocycles. The number of phenols is 1. The number of aliphatic hydroxyl groups is 1. The minimum atomic E-state index is -0.659. The molecule has 3 nitrogen and oxygen atoms in total. The number of aromatic hydroxyl groups is 1. The first-order valence-corrected chi connectivity index (χ1v) is 5.77. The molecule has 0 unspecified atom stereocenters. The molecule has 1 aromatic rings. The quantitative estimate of drug-likeness (QED) is 0.794. The smallest absolute Gasteiger partial charge is 0.123 e. The summed E-state index contributed by atoms with van der Waals surface area (Å²) in [6, 6.07) is 2.67. The summed E-state index contributed by atoms with van der Waals surface area (Å²) in [7, 11) is 0. The van der Waals surface area contributed by atoms with Crippen LogP contribution < -0.4 is 5.73 Å². The van der Waals surface area contributed by atoms with Gasteiger partial charge in [0.2, 0.25) is 0 Å². The first-order chi connectivity index (χ1) is 7.47. The van der Waals surface area contributed by atoms with Crippen LogP contribution in [0, 0.1) is 6.92 Å². The second-order valence-corrected chi connectivity index (χ2v) is 4.48. The van der Waals surface area contributed by atoms with Gasteiger partial charge in [0.1, 0.15) is 5.75 Å². The van der Waals surface area contributed by atoms with Crippen LogP contribution >= 0.6 is 24.0 Å². The van der Waals surface area contributed by atoms with E-state index in [1.165, 1.54) is 0 Å². The van der Waals surface area contributed by atoms with Gasteiger partial charge in [-0.3, -0.25) is 0 Å². The second-order valence-electron chi connectivity index (χ2n) is 4.04. The Balaban J connectivity index is 0.00000256. The average molecular weight is 280 g/mol. The summed E-state index contributed by atoms with van der Waals surface area (Å²) in [5.41, 5.74) is 7.07. The third-order valence-electron chi connectivity index (χ3n) is 2.65. The zero-order valence-electron chi connectivity index (χ0n) is 9.98. The minimum Gasteiger partial charge on any atom is -0.507 e. The highest BCUT2D eigenvalue weighted by Crippen LogP contribution is 2.32. The fourth-order valence-electron chi connectivity index (χ4n) is 1.70. The van der Waals surface area contributed by atoms with Crippen molar-refractivity contribution in [3.8, 4) is 5.75 Å². The summed E-state index contributed by atoms with van der Waals surface area (Å²) in [5, 5.41) is 20.2. The molecule has 0 aliphatic rings. The summed E-state index contributed by atoms with van der Waals surface area (Å²) in [6.07, 6.45) is 0.787. The van der Waals surface area contributed by atoms with Gasteiger partial charge < -0.3 is 15.9 Å². The highest BCUT2D eigenvalue weighted by molar-refractivity contribution is 6.30. The standard InChI is InChI=1S/C12H18ClNO2.ClH/c1-3-4-10(15)11(14)9-6-8(13)5-7(2)12(9)16;/h5-6,10-11,15-16H,3-4,14H2,1-2H3;1H/t10-,11+;/m1./s1. The Hall–Kier alpha value is -0.480. The lowest BCUT2D eigenvalue weighted by molar-refractivity contribution is 0.133. The molecule has 0 bridgehead atoms. The van der Waals surface area contributed by atoms with Crippen molar-refractivity contribution in [2.75, 3.05) is 0 Å². The maximum absolute atomic E-state index is 9.86. The van der Waals surface area contributed by atoms with Crippen LogP contribution in [0.3, 0.4) is 0 Å². The van der Waals surface area contributed by atoms with Crippen molar-refractivity contribution >= 4 is 24.0 Å². The maximum Gasteiger partial charge on any atom is 0.123 e. The number of phenolic OH excluding ortho intramolecular Hbond substituents is 1. The summed E-state index contributed by atoms with van der Waals surface area (Å²) in [4.78, 5) is 0. The number of rotatable bonds is 4.